The minimum Gasteiger partial charge on any atom is -0.326 e. The average molecular weight is 305 g/mol. The molecule has 0 aliphatic rings. The van der Waals surface area contributed by atoms with Crippen molar-refractivity contribution in [2.45, 2.75) is 32.2 Å². The van der Waals surface area contributed by atoms with Gasteiger partial charge in [-0.05, 0) is 48.3 Å². The van der Waals surface area contributed by atoms with Crippen molar-refractivity contribution in [3.05, 3.63) is 15.9 Å². The molecule has 90 valence electrons. The number of halogens is 1. The second-order valence-corrected chi connectivity index (χ2v) is 6.96. The first-order valence-electron chi connectivity index (χ1n) is 5.10. The zero-order valence-electron chi connectivity index (χ0n) is 9.79. The van der Waals surface area contributed by atoms with Gasteiger partial charge < -0.3 is 10.6 Å². The number of amides is 1. The third-order valence-electron chi connectivity index (χ3n) is 2.25. The molecular formula is C11H17BrN2OS. The fourth-order valence-electron chi connectivity index (χ4n) is 1.20. The van der Waals surface area contributed by atoms with E-state index >= 15 is 0 Å². The van der Waals surface area contributed by atoms with E-state index in [1.165, 1.54) is 0 Å². The molecule has 0 unspecified atom stereocenters. The van der Waals surface area contributed by atoms with Crippen LogP contribution in [0.5, 0.6) is 0 Å². The van der Waals surface area contributed by atoms with Crippen LogP contribution in [0.3, 0.4) is 0 Å². The molecule has 0 aromatic carbocycles. The molecule has 5 heteroatoms. The summed E-state index contributed by atoms with van der Waals surface area (Å²) in [5, 5.41) is 0.951. The molecule has 1 rings (SSSR count). The largest absolute Gasteiger partial charge is 0.326 e. The minimum atomic E-state index is -0.285. The average Bonchev–Trinajstić information content (AvgIpc) is 2.59. The minimum absolute atomic E-state index is 0.105. The molecule has 0 saturated carbocycles. The number of carbonyl (C=O) groups is 1. The lowest BCUT2D eigenvalue weighted by Crippen LogP contribution is -2.34. The fraction of sp³-hybridized carbons (Fsp3) is 0.545. The summed E-state index contributed by atoms with van der Waals surface area (Å²) in [5.74, 6) is 0.105. The van der Waals surface area contributed by atoms with Crippen molar-refractivity contribution >= 4 is 38.2 Å². The van der Waals surface area contributed by atoms with Gasteiger partial charge in [0, 0.05) is 19.0 Å². The molecule has 0 radical (unpaired) electrons. The van der Waals surface area contributed by atoms with E-state index in [-0.39, 0.29) is 11.4 Å². The van der Waals surface area contributed by atoms with Crippen LogP contribution in [-0.4, -0.2) is 18.5 Å². The van der Waals surface area contributed by atoms with Gasteiger partial charge in [-0.25, -0.2) is 0 Å². The molecule has 3 nitrogen and oxygen atoms in total. The second-order valence-electron chi connectivity index (χ2n) is 4.52. The number of anilines is 1. The van der Waals surface area contributed by atoms with Crippen molar-refractivity contribution < 1.29 is 4.79 Å². The van der Waals surface area contributed by atoms with Gasteiger partial charge in [0.1, 0.15) is 0 Å². The van der Waals surface area contributed by atoms with E-state index in [0.717, 1.165) is 8.79 Å². The fourth-order valence-corrected chi connectivity index (χ4v) is 2.55. The van der Waals surface area contributed by atoms with Crippen molar-refractivity contribution in [3.63, 3.8) is 0 Å². The molecule has 2 N–H and O–H groups in total. The summed E-state index contributed by atoms with van der Waals surface area (Å²) in [6, 6.07) is 3.87. The maximum Gasteiger partial charge on any atom is 0.227 e. The third-order valence-corrected chi connectivity index (χ3v) is 3.95. The number of rotatable bonds is 4. The first kappa shape index (κ1) is 13.7. The number of nitrogens with zero attached hydrogens (tertiary/aromatic N) is 1. The van der Waals surface area contributed by atoms with Crippen LogP contribution in [-0.2, 0) is 4.79 Å². The van der Waals surface area contributed by atoms with Crippen molar-refractivity contribution in [1.29, 1.82) is 0 Å². The number of hydrogen-bond acceptors (Lipinski definition) is 3. The molecule has 1 aromatic rings. The Morgan fingerprint density at radius 2 is 2.19 bits per heavy atom. The molecule has 0 spiro atoms. The lowest BCUT2D eigenvalue weighted by atomic mass is 10.00. The van der Waals surface area contributed by atoms with Crippen molar-refractivity contribution in [3.8, 4) is 0 Å². The molecule has 0 bridgehead atoms. The predicted molar refractivity (Wildman–Crippen MR) is 72.9 cm³/mol. The zero-order valence-corrected chi connectivity index (χ0v) is 12.2. The van der Waals surface area contributed by atoms with E-state index in [9.17, 15) is 4.79 Å². The lowest BCUT2D eigenvalue weighted by Gasteiger charge is -2.20. The van der Waals surface area contributed by atoms with Gasteiger partial charge in [-0.2, -0.15) is 0 Å². The van der Waals surface area contributed by atoms with Crippen LogP contribution < -0.4 is 10.6 Å². The number of thiophene rings is 1. The SMILES string of the molecule is CN(C(=O)CCC(C)(C)N)c1ccc(Br)s1. The van der Waals surface area contributed by atoms with Crippen LogP contribution in [0.1, 0.15) is 26.7 Å². The smallest absolute Gasteiger partial charge is 0.227 e. The number of hydrogen-bond donors (Lipinski definition) is 1. The Morgan fingerprint density at radius 1 is 1.56 bits per heavy atom. The Morgan fingerprint density at radius 3 is 2.62 bits per heavy atom. The number of carbonyl (C=O) groups excluding carboxylic acids is 1. The Hall–Kier alpha value is -0.390. The standard InChI is InChI=1S/C11H17BrN2OS/c1-11(2,13)7-6-9(15)14(3)10-5-4-8(12)16-10/h4-5H,6-7,13H2,1-3H3. The highest BCUT2D eigenvalue weighted by Crippen LogP contribution is 2.29. The maximum absolute atomic E-state index is 11.9. The van der Waals surface area contributed by atoms with Gasteiger partial charge in [0.05, 0.1) is 8.79 Å². The molecular weight excluding hydrogens is 288 g/mol. The summed E-state index contributed by atoms with van der Waals surface area (Å²) in [4.78, 5) is 13.5. The van der Waals surface area contributed by atoms with Crippen molar-refractivity contribution in [2.75, 3.05) is 11.9 Å². The first-order chi connectivity index (χ1) is 7.29. The number of nitrogens with two attached hydrogens (primary N) is 1. The van der Waals surface area contributed by atoms with Gasteiger partial charge in [-0.1, -0.05) is 0 Å². The third kappa shape index (κ3) is 4.23. The molecule has 0 fully saturated rings. The normalized spacial score (nSPS) is 11.6. The van der Waals surface area contributed by atoms with E-state index < -0.39 is 0 Å². The summed E-state index contributed by atoms with van der Waals surface area (Å²) >= 11 is 4.93. The molecule has 16 heavy (non-hydrogen) atoms. The van der Waals surface area contributed by atoms with E-state index in [2.05, 4.69) is 15.9 Å². The van der Waals surface area contributed by atoms with Crippen LogP contribution in [0.2, 0.25) is 0 Å². The van der Waals surface area contributed by atoms with E-state index in [0.29, 0.717) is 12.8 Å². The highest BCUT2D eigenvalue weighted by molar-refractivity contribution is 9.11. The Bertz CT molecular complexity index is 370. The monoisotopic (exact) mass is 304 g/mol. The zero-order chi connectivity index (χ0) is 12.3. The van der Waals surface area contributed by atoms with Crippen LogP contribution in [0.25, 0.3) is 0 Å². The van der Waals surface area contributed by atoms with Crippen molar-refractivity contribution in [2.24, 2.45) is 5.73 Å². The van der Waals surface area contributed by atoms with Gasteiger partial charge in [0.25, 0.3) is 0 Å². The summed E-state index contributed by atoms with van der Waals surface area (Å²) in [6.07, 6.45) is 1.18. The molecule has 0 aliphatic heterocycles. The van der Waals surface area contributed by atoms with E-state index in [1.54, 1.807) is 23.3 Å². The summed E-state index contributed by atoms with van der Waals surface area (Å²) in [7, 11) is 1.80. The van der Waals surface area contributed by atoms with Gasteiger partial charge in [0.2, 0.25) is 5.91 Å². The Labute approximate surface area is 109 Å². The highest BCUT2D eigenvalue weighted by atomic mass is 79.9. The first-order valence-corrected chi connectivity index (χ1v) is 6.71. The molecule has 0 aliphatic carbocycles. The summed E-state index contributed by atoms with van der Waals surface area (Å²) in [5.41, 5.74) is 5.57. The van der Waals surface area contributed by atoms with Crippen LogP contribution in [0.15, 0.2) is 15.9 Å². The van der Waals surface area contributed by atoms with Crippen molar-refractivity contribution in [1.82, 2.24) is 0 Å². The quantitative estimate of drug-likeness (QED) is 0.929. The topological polar surface area (TPSA) is 46.3 Å². The molecule has 0 saturated heterocycles. The molecule has 1 heterocycles. The highest BCUT2D eigenvalue weighted by Gasteiger charge is 2.17. The maximum atomic E-state index is 11.9. The molecule has 1 amide bonds. The van der Waals surface area contributed by atoms with Crippen LogP contribution in [0, 0.1) is 0 Å². The van der Waals surface area contributed by atoms with Gasteiger partial charge >= 0.3 is 0 Å². The van der Waals surface area contributed by atoms with Crippen LogP contribution in [0.4, 0.5) is 5.00 Å². The lowest BCUT2D eigenvalue weighted by molar-refractivity contribution is -0.118. The summed E-state index contributed by atoms with van der Waals surface area (Å²) < 4.78 is 1.03. The predicted octanol–water partition coefficient (Wildman–Crippen LogP) is 2.99. The van der Waals surface area contributed by atoms with Crippen LogP contribution >= 0.6 is 27.3 Å². The Kier molecular flexibility index (Phi) is 4.52. The second kappa shape index (κ2) is 5.29. The molecule has 0 atom stereocenters. The Balaban J connectivity index is 2.55. The van der Waals surface area contributed by atoms with Gasteiger partial charge in [0.15, 0.2) is 0 Å². The van der Waals surface area contributed by atoms with Gasteiger partial charge in [-0.3, -0.25) is 4.79 Å². The van der Waals surface area contributed by atoms with E-state index in [1.807, 2.05) is 26.0 Å². The molecule has 1 aromatic heterocycles. The van der Waals surface area contributed by atoms with E-state index in [4.69, 9.17) is 5.73 Å². The summed E-state index contributed by atoms with van der Waals surface area (Å²) in [6.45, 7) is 3.87. The van der Waals surface area contributed by atoms with Gasteiger partial charge in [-0.15, -0.1) is 11.3 Å².